The van der Waals surface area contributed by atoms with E-state index in [9.17, 15) is 8.78 Å². The molecule has 1 rings (SSSR count). The van der Waals surface area contributed by atoms with E-state index >= 15 is 0 Å². The molecule has 0 unspecified atom stereocenters. The first-order valence-corrected chi connectivity index (χ1v) is 4.78. The van der Waals surface area contributed by atoms with Crippen LogP contribution < -0.4 is 5.73 Å². The number of nitrogens with two attached hydrogens (primary N) is 1. The maximum absolute atomic E-state index is 12.5. The van der Waals surface area contributed by atoms with Crippen molar-refractivity contribution in [3.8, 4) is 0 Å². The zero-order chi connectivity index (χ0) is 10.0. The van der Waals surface area contributed by atoms with Gasteiger partial charge < -0.3 is 5.73 Å². The molecule has 0 aliphatic carbocycles. The molecule has 2 nitrogen and oxygen atoms in total. The third-order valence-electron chi connectivity index (χ3n) is 1.83. The van der Waals surface area contributed by atoms with E-state index < -0.39 is 6.43 Å². The van der Waals surface area contributed by atoms with Crippen LogP contribution in [0.15, 0.2) is 6.20 Å². The predicted molar refractivity (Wildman–Crippen MR) is 51.0 cm³/mol. The van der Waals surface area contributed by atoms with Crippen molar-refractivity contribution in [2.24, 2.45) is 0 Å². The monoisotopic (exact) mass is 250 g/mol. The van der Waals surface area contributed by atoms with Crippen LogP contribution in [-0.4, -0.2) is 4.98 Å². The fourth-order valence-electron chi connectivity index (χ4n) is 1.10. The average Bonchev–Trinajstić information content (AvgIpc) is 2.07. The number of hydrogen-bond acceptors (Lipinski definition) is 2. The van der Waals surface area contributed by atoms with E-state index in [2.05, 4.69) is 20.9 Å². The lowest BCUT2D eigenvalue weighted by Gasteiger charge is -2.10. The van der Waals surface area contributed by atoms with E-state index in [1.165, 1.54) is 6.20 Å². The quantitative estimate of drug-likeness (QED) is 0.821. The highest BCUT2D eigenvalue weighted by Gasteiger charge is 2.18. The first kappa shape index (κ1) is 10.4. The summed E-state index contributed by atoms with van der Waals surface area (Å²) in [6.07, 6.45) is -1.07. The number of halogens is 3. The largest absolute Gasteiger partial charge is 0.383 e. The van der Waals surface area contributed by atoms with Crippen LogP contribution in [0.5, 0.6) is 0 Å². The van der Waals surface area contributed by atoms with Gasteiger partial charge in [-0.3, -0.25) is 0 Å². The maximum atomic E-state index is 12.5. The number of hydrogen-bond donors (Lipinski definition) is 1. The Morgan fingerprint density at radius 1 is 1.62 bits per heavy atom. The van der Waals surface area contributed by atoms with E-state index in [-0.39, 0.29) is 11.4 Å². The number of aryl methyl sites for hydroxylation is 1. The van der Waals surface area contributed by atoms with Gasteiger partial charge in [0.15, 0.2) is 0 Å². The van der Waals surface area contributed by atoms with E-state index in [0.717, 1.165) is 5.56 Å². The summed E-state index contributed by atoms with van der Waals surface area (Å²) >= 11 is 3.14. The van der Waals surface area contributed by atoms with E-state index in [1.54, 1.807) is 6.92 Å². The fraction of sp³-hybridized carbons (Fsp3) is 0.375. The molecule has 0 saturated carbocycles. The molecule has 0 aliphatic heterocycles. The molecule has 0 atom stereocenters. The molecular formula is C8H9BrF2N2. The summed E-state index contributed by atoms with van der Waals surface area (Å²) in [5, 5.41) is 0.366. The van der Waals surface area contributed by atoms with Crippen molar-refractivity contribution in [3.05, 3.63) is 22.9 Å². The molecule has 0 spiro atoms. The molecule has 0 amide bonds. The van der Waals surface area contributed by atoms with Crippen molar-refractivity contribution >= 4 is 21.7 Å². The second-order valence-electron chi connectivity index (χ2n) is 2.65. The summed E-state index contributed by atoms with van der Waals surface area (Å²) in [6.45, 7) is 1.73. The number of nitrogen functional groups attached to an aromatic ring is 1. The lowest BCUT2D eigenvalue weighted by atomic mass is 10.1. The van der Waals surface area contributed by atoms with Gasteiger partial charge in [-0.05, 0) is 18.1 Å². The van der Waals surface area contributed by atoms with Gasteiger partial charge in [0, 0.05) is 11.5 Å². The third kappa shape index (κ3) is 1.96. The van der Waals surface area contributed by atoms with Crippen LogP contribution in [0.2, 0.25) is 0 Å². The van der Waals surface area contributed by atoms with Crippen LogP contribution in [-0.2, 0) is 5.33 Å². The van der Waals surface area contributed by atoms with Gasteiger partial charge in [0.25, 0.3) is 6.43 Å². The highest BCUT2D eigenvalue weighted by atomic mass is 79.9. The molecule has 13 heavy (non-hydrogen) atoms. The zero-order valence-electron chi connectivity index (χ0n) is 7.02. The second kappa shape index (κ2) is 4.00. The Bertz CT molecular complexity index is 315. The highest BCUT2D eigenvalue weighted by molar-refractivity contribution is 9.08. The van der Waals surface area contributed by atoms with Gasteiger partial charge in [0.1, 0.15) is 5.82 Å². The van der Waals surface area contributed by atoms with Crippen molar-refractivity contribution in [2.45, 2.75) is 18.7 Å². The number of anilines is 1. The smallest absolute Gasteiger partial charge is 0.267 e. The van der Waals surface area contributed by atoms with Gasteiger partial charge in [-0.15, -0.1) is 0 Å². The lowest BCUT2D eigenvalue weighted by molar-refractivity contribution is 0.151. The maximum Gasteiger partial charge on any atom is 0.267 e. The van der Waals surface area contributed by atoms with Gasteiger partial charge in [-0.25, -0.2) is 13.8 Å². The fourth-order valence-corrected chi connectivity index (χ4v) is 1.85. The molecular weight excluding hydrogens is 242 g/mol. The van der Waals surface area contributed by atoms with E-state index in [1.807, 2.05) is 0 Å². The first-order valence-electron chi connectivity index (χ1n) is 3.66. The van der Waals surface area contributed by atoms with Crippen molar-refractivity contribution in [2.75, 3.05) is 5.73 Å². The summed E-state index contributed by atoms with van der Waals surface area (Å²) in [7, 11) is 0. The second-order valence-corrected chi connectivity index (χ2v) is 3.21. The molecule has 1 aromatic rings. The van der Waals surface area contributed by atoms with Gasteiger partial charge >= 0.3 is 0 Å². The molecule has 1 heterocycles. The zero-order valence-corrected chi connectivity index (χ0v) is 8.61. The minimum absolute atomic E-state index is 0.0879. The molecule has 0 fully saturated rings. The van der Waals surface area contributed by atoms with Crippen molar-refractivity contribution in [1.29, 1.82) is 0 Å². The minimum atomic E-state index is -2.57. The minimum Gasteiger partial charge on any atom is -0.383 e. The molecule has 72 valence electrons. The highest BCUT2D eigenvalue weighted by Crippen LogP contribution is 2.30. The number of alkyl halides is 3. The van der Waals surface area contributed by atoms with Crippen LogP contribution in [0.1, 0.15) is 23.1 Å². The van der Waals surface area contributed by atoms with E-state index in [0.29, 0.717) is 10.9 Å². The molecule has 2 N–H and O–H groups in total. The molecule has 0 aliphatic rings. The SMILES string of the molecule is Cc1cnc(N)c(C(F)F)c1CBr. The van der Waals surface area contributed by atoms with Crippen LogP contribution in [0.25, 0.3) is 0 Å². The number of pyridine rings is 1. The molecule has 0 radical (unpaired) electrons. The summed E-state index contributed by atoms with van der Waals surface area (Å²) in [6, 6.07) is 0. The van der Waals surface area contributed by atoms with Crippen LogP contribution >= 0.6 is 15.9 Å². The number of nitrogens with zero attached hydrogens (tertiary/aromatic N) is 1. The standard InChI is InChI=1S/C8H9BrF2N2/c1-4-3-13-8(12)6(7(10)11)5(4)2-9/h3,7H,2H2,1H3,(H2,12,13). The molecule has 0 saturated heterocycles. The topological polar surface area (TPSA) is 38.9 Å². The summed E-state index contributed by atoms with van der Waals surface area (Å²) in [5.41, 5.74) is 6.45. The third-order valence-corrected chi connectivity index (χ3v) is 2.39. The normalized spacial score (nSPS) is 10.8. The molecule has 0 aromatic carbocycles. The van der Waals surface area contributed by atoms with Gasteiger partial charge in [-0.2, -0.15) is 0 Å². The Morgan fingerprint density at radius 3 is 2.62 bits per heavy atom. The number of aromatic nitrogens is 1. The lowest BCUT2D eigenvalue weighted by Crippen LogP contribution is -2.04. The van der Waals surface area contributed by atoms with E-state index in [4.69, 9.17) is 5.73 Å². The van der Waals surface area contributed by atoms with Crippen LogP contribution in [0.3, 0.4) is 0 Å². The molecule has 1 aromatic heterocycles. The van der Waals surface area contributed by atoms with Gasteiger partial charge in [0.2, 0.25) is 0 Å². The predicted octanol–water partition coefficient (Wildman–Crippen LogP) is 2.80. The van der Waals surface area contributed by atoms with Crippen molar-refractivity contribution in [3.63, 3.8) is 0 Å². The Labute approximate surface area is 83.3 Å². The average molecular weight is 251 g/mol. The number of rotatable bonds is 2. The first-order chi connectivity index (χ1) is 6.07. The van der Waals surface area contributed by atoms with Crippen LogP contribution in [0.4, 0.5) is 14.6 Å². The summed E-state index contributed by atoms with van der Waals surface area (Å²) in [4.78, 5) is 3.69. The molecule has 0 bridgehead atoms. The Balaban J connectivity index is 3.35. The van der Waals surface area contributed by atoms with Crippen LogP contribution in [0, 0.1) is 6.92 Å². The Hall–Kier alpha value is -0.710. The van der Waals surface area contributed by atoms with Crippen molar-refractivity contribution < 1.29 is 8.78 Å². The Morgan fingerprint density at radius 2 is 2.23 bits per heavy atom. The van der Waals surface area contributed by atoms with Gasteiger partial charge in [0.05, 0.1) is 5.56 Å². The summed E-state index contributed by atoms with van der Waals surface area (Å²) in [5.74, 6) is -0.0879. The molecule has 5 heteroatoms. The summed E-state index contributed by atoms with van der Waals surface area (Å²) < 4.78 is 25.0. The van der Waals surface area contributed by atoms with Crippen molar-refractivity contribution in [1.82, 2.24) is 4.98 Å². The van der Waals surface area contributed by atoms with Gasteiger partial charge in [-0.1, -0.05) is 15.9 Å². The Kier molecular flexibility index (Phi) is 3.19.